The minimum absolute atomic E-state index is 0.869. The van der Waals surface area contributed by atoms with E-state index >= 15 is 0 Å². The van der Waals surface area contributed by atoms with E-state index in [0.29, 0.717) is 0 Å². The lowest BCUT2D eigenvalue weighted by atomic mass is 10.1. The largest absolute Gasteiger partial charge is 0.356 e. The standard InChI is InChI=1S/C21H27N5/c1-4-12-26(13-5-1)21-19(15-18-7-2-3-8-20(18)24-21)16-22-9-6-11-25-14-10-23-17-25/h2-3,7-8,10,14-15,17,22H,1,4-6,9,11-13,16H2. The Bertz CT molecular complexity index is 822. The van der Waals surface area contributed by atoms with Crippen LogP contribution < -0.4 is 10.2 Å². The average molecular weight is 349 g/mol. The highest BCUT2D eigenvalue weighted by Crippen LogP contribution is 2.26. The maximum absolute atomic E-state index is 5.01. The molecule has 4 rings (SSSR count). The van der Waals surface area contributed by atoms with Gasteiger partial charge in [-0.2, -0.15) is 0 Å². The number of nitrogens with zero attached hydrogens (tertiary/aromatic N) is 4. The second-order valence-corrected chi connectivity index (χ2v) is 7.04. The van der Waals surface area contributed by atoms with Crippen molar-refractivity contribution in [3.05, 3.63) is 54.6 Å². The number of rotatable bonds is 7. The van der Waals surface area contributed by atoms with Crippen LogP contribution in [-0.4, -0.2) is 34.2 Å². The van der Waals surface area contributed by atoms with Crippen LogP contribution in [0.1, 0.15) is 31.2 Å². The quantitative estimate of drug-likeness (QED) is 0.662. The average Bonchev–Trinajstić information content (AvgIpc) is 3.21. The maximum Gasteiger partial charge on any atom is 0.133 e. The third kappa shape index (κ3) is 4.05. The Kier molecular flexibility index (Phi) is 5.45. The Labute approximate surface area is 155 Å². The Morgan fingerprint density at radius 1 is 1.08 bits per heavy atom. The van der Waals surface area contributed by atoms with Gasteiger partial charge in [-0.15, -0.1) is 0 Å². The van der Waals surface area contributed by atoms with Crippen molar-refractivity contribution < 1.29 is 0 Å². The van der Waals surface area contributed by atoms with E-state index in [9.17, 15) is 0 Å². The van der Waals surface area contributed by atoms with Gasteiger partial charge in [-0.25, -0.2) is 9.97 Å². The van der Waals surface area contributed by atoms with Gasteiger partial charge >= 0.3 is 0 Å². The first-order valence-corrected chi connectivity index (χ1v) is 9.70. The van der Waals surface area contributed by atoms with Crippen molar-refractivity contribution in [2.45, 2.75) is 38.8 Å². The Morgan fingerprint density at radius 2 is 1.96 bits per heavy atom. The number of imidazole rings is 1. The zero-order chi connectivity index (χ0) is 17.6. The van der Waals surface area contributed by atoms with E-state index in [2.05, 4.69) is 50.1 Å². The summed E-state index contributed by atoms with van der Waals surface area (Å²) >= 11 is 0. The Balaban J connectivity index is 1.44. The number of hydrogen-bond donors (Lipinski definition) is 1. The molecule has 0 spiro atoms. The lowest BCUT2D eigenvalue weighted by Gasteiger charge is -2.30. The van der Waals surface area contributed by atoms with Crippen LogP contribution in [0.2, 0.25) is 0 Å². The third-order valence-electron chi connectivity index (χ3n) is 5.08. The van der Waals surface area contributed by atoms with Crippen LogP contribution in [-0.2, 0) is 13.1 Å². The van der Waals surface area contributed by atoms with Crippen LogP contribution in [0.25, 0.3) is 10.9 Å². The van der Waals surface area contributed by atoms with Gasteiger partial charge in [0.2, 0.25) is 0 Å². The molecule has 1 aliphatic heterocycles. The molecule has 0 aliphatic carbocycles. The van der Waals surface area contributed by atoms with Gasteiger partial charge in [0.25, 0.3) is 0 Å². The molecule has 26 heavy (non-hydrogen) atoms. The summed E-state index contributed by atoms with van der Waals surface area (Å²) in [6.45, 7) is 5.11. The van der Waals surface area contributed by atoms with Gasteiger partial charge in [-0.05, 0) is 44.4 Å². The van der Waals surface area contributed by atoms with Crippen LogP contribution in [0.3, 0.4) is 0 Å². The van der Waals surface area contributed by atoms with Crippen molar-refractivity contribution in [3.8, 4) is 0 Å². The van der Waals surface area contributed by atoms with E-state index in [1.54, 1.807) is 0 Å². The number of aromatic nitrogens is 3. The third-order valence-corrected chi connectivity index (χ3v) is 5.08. The predicted octanol–water partition coefficient (Wildman–Crippen LogP) is 3.60. The summed E-state index contributed by atoms with van der Waals surface area (Å²) in [5, 5.41) is 4.83. The number of hydrogen-bond acceptors (Lipinski definition) is 4. The number of nitrogens with one attached hydrogen (secondary N) is 1. The molecule has 5 heteroatoms. The van der Waals surface area contributed by atoms with Crippen molar-refractivity contribution >= 4 is 16.7 Å². The van der Waals surface area contributed by atoms with E-state index in [-0.39, 0.29) is 0 Å². The molecule has 0 radical (unpaired) electrons. The molecule has 0 atom stereocenters. The predicted molar refractivity (Wildman–Crippen MR) is 106 cm³/mol. The maximum atomic E-state index is 5.01. The van der Waals surface area contributed by atoms with Crippen LogP contribution in [0, 0.1) is 0 Å². The number of aryl methyl sites for hydroxylation is 1. The molecule has 5 nitrogen and oxygen atoms in total. The number of benzene rings is 1. The first-order chi connectivity index (χ1) is 12.9. The molecule has 136 valence electrons. The smallest absolute Gasteiger partial charge is 0.133 e. The van der Waals surface area contributed by atoms with E-state index in [4.69, 9.17) is 4.98 Å². The number of pyridine rings is 1. The second-order valence-electron chi connectivity index (χ2n) is 7.04. The Hall–Kier alpha value is -2.40. The van der Waals surface area contributed by atoms with Gasteiger partial charge in [0.1, 0.15) is 5.82 Å². The second kappa shape index (κ2) is 8.32. The summed E-state index contributed by atoms with van der Waals surface area (Å²) in [4.78, 5) is 11.6. The number of piperidine rings is 1. The van der Waals surface area contributed by atoms with E-state index < -0.39 is 0 Å². The monoisotopic (exact) mass is 349 g/mol. The van der Waals surface area contributed by atoms with E-state index in [1.165, 1.54) is 36.0 Å². The van der Waals surface area contributed by atoms with Crippen molar-refractivity contribution in [1.29, 1.82) is 0 Å². The molecule has 1 fully saturated rings. The fraction of sp³-hybridized carbons (Fsp3) is 0.429. The fourth-order valence-electron chi connectivity index (χ4n) is 3.69. The number of fused-ring (bicyclic) bond motifs is 1. The minimum atomic E-state index is 0.869. The molecule has 0 saturated carbocycles. The summed E-state index contributed by atoms with van der Waals surface area (Å²) in [6, 6.07) is 10.8. The number of para-hydroxylation sites is 1. The molecular weight excluding hydrogens is 322 g/mol. The van der Waals surface area contributed by atoms with Gasteiger partial charge in [-0.1, -0.05) is 18.2 Å². The summed E-state index contributed by atoms with van der Waals surface area (Å²) in [5.74, 6) is 1.17. The van der Waals surface area contributed by atoms with Crippen molar-refractivity contribution in [2.24, 2.45) is 0 Å². The molecule has 2 aromatic heterocycles. The molecule has 3 aromatic rings. The van der Waals surface area contributed by atoms with Crippen molar-refractivity contribution in [3.63, 3.8) is 0 Å². The van der Waals surface area contributed by atoms with E-state index in [1.807, 2.05) is 18.7 Å². The van der Waals surface area contributed by atoms with Crippen molar-refractivity contribution in [2.75, 3.05) is 24.5 Å². The van der Waals surface area contributed by atoms with Gasteiger partial charge in [0.05, 0.1) is 11.8 Å². The molecular formula is C21H27N5. The van der Waals surface area contributed by atoms with Crippen molar-refractivity contribution in [1.82, 2.24) is 19.9 Å². The lowest BCUT2D eigenvalue weighted by Crippen LogP contribution is -2.32. The first kappa shape index (κ1) is 17.0. The summed E-state index contributed by atoms with van der Waals surface area (Å²) in [6.07, 6.45) is 10.7. The topological polar surface area (TPSA) is 46.0 Å². The summed E-state index contributed by atoms with van der Waals surface area (Å²) < 4.78 is 2.12. The normalized spacial score (nSPS) is 14.8. The zero-order valence-corrected chi connectivity index (χ0v) is 15.3. The van der Waals surface area contributed by atoms with Gasteiger partial charge < -0.3 is 14.8 Å². The Morgan fingerprint density at radius 3 is 2.81 bits per heavy atom. The minimum Gasteiger partial charge on any atom is -0.356 e. The highest BCUT2D eigenvalue weighted by Gasteiger charge is 2.16. The van der Waals surface area contributed by atoms with Crippen LogP contribution in [0.4, 0.5) is 5.82 Å². The summed E-state index contributed by atoms with van der Waals surface area (Å²) in [7, 11) is 0. The highest BCUT2D eigenvalue weighted by molar-refractivity contribution is 5.81. The molecule has 1 aromatic carbocycles. The van der Waals surface area contributed by atoms with Crippen LogP contribution >= 0.6 is 0 Å². The van der Waals surface area contributed by atoms with Crippen LogP contribution in [0.5, 0.6) is 0 Å². The molecule has 1 saturated heterocycles. The fourth-order valence-corrected chi connectivity index (χ4v) is 3.69. The van der Waals surface area contributed by atoms with E-state index in [0.717, 1.165) is 44.7 Å². The van der Waals surface area contributed by atoms with Crippen LogP contribution in [0.15, 0.2) is 49.1 Å². The van der Waals surface area contributed by atoms with Gasteiger partial charge in [0.15, 0.2) is 0 Å². The highest BCUT2D eigenvalue weighted by atomic mass is 15.2. The van der Waals surface area contributed by atoms with Gasteiger partial charge in [-0.3, -0.25) is 0 Å². The lowest BCUT2D eigenvalue weighted by molar-refractivity contribution is 0.563. The SMILES string of the molecule is c1ccc2nc(N3CCCCC3)c(CNCCCn3ccnc3)cc2c1. The molecule has 0 amide bonds. The molecule has 1 aliphatic rings. The molecule has 3 heterocycles. The zero-order valence-electron chi connectivity index (χ0n) is 15.3. The summed E-state index contributed by atoms with van der Waals surface area (Å²) in [5.41, 5.74) is 2.41. The molecule has 0 bridgehead atoms. The molecule has 1 N–H and O–H groups in total. The number of anilines is 1. The molecule has 0 unspecified atom stereocenters. The first-order valence-electron chi connectivity index (χ1n) is 9.70. The van der Waals surface area contributed by atoms with Gasteiger partial charge in [0, 0.05) is 49.5 Å².